The van der Waals surface area contributed by atoms with E-state index < -0.39 is 0 Å². The van der Waals surface area contributed by atoms with Crippen molar-refractivity contribution >= 4 is 22.8 Å². The van der Waals surface area contributed by atoms with Crippen LogP contribution in [-0.2, 0) is 11.3 Å². The molecule has 2 aromatic carbocycles. The van der Waals surface area contributed by atoms with Crippen LogP contribution in [0.2, 0.25) is 0 Å². The maximum absolute atomic E-state index is 12.4. The molecule has 0 aliphatic rings. The zero-order valence-electron chi connectivity index (χ0n) is 14.2. The van der Waals surface area contributed by atoms with Gasteiger partial charge in [0.15, 0.2) is 0 Å². The van der Waals surface area contributed by atoms with E-state index in [-0.39, 0.29) is 17.9 Å². The van der Waals surface area contributed by atoms with E-state index in [0.29, 0.717) is 12.1 Å². The van der Waals surface area contributed by atoms with Gasteiger partial charge in [-0.1, -0.05) is 24.3 Å². The lowest BCUT2D eigenvalue weighted by Crippen LogP contribution is -2.27. The van der Waals surface area contributed by atoms with Crippen molar-refractivity contribution in [2.24, 2.45) is 0 Å². The Hall–Kier alpha value is -3.15. The van der Waals surface area contributed by atoms with Gasteiger partial charge in [0.2, 0.25) is 5.91 Å². The molecule has 6 nitrogen and oxygen atoms in total. The number of hydrogen-bond acceptors (Lipinski definition) is 3. The lowest BCUT2D eigenvalue weighted by atomic mass is 10.1. The Labute approximate surface area is 145 Å². The minimum atomic E-state index is -0.237. The van der Waals surface area contributed by atoms with Crippen molar-refractivity contribution in [3.8, 4) is 0 Å². The number of H-pyrrole nitrogens is 1. The largest absolute Gasteiger partial charge is 0.352 e. The quantitative estimate of drug-likeness (QED) is 0.669. The number of aromatic amines is 1. The molecule has 0 radical (unpaired) electrons. The lowest BCUT2D eigenvalue weighted by molar-refractivity contribution is -0.119. The molecule has 3 aromatic rings. The molecule has 1 atom stereocenters. The number of para-hydroxylation sites is 2. The molecule has 3 rings (SSSR count). The predicted molar refractivity (Wildman–Crippen MR) is 95.9 cm³/mol. The fourth-order valence-corrected chi connectivity index (χ4v) is 2.53. The fraction of sp³-hybridized carbons (Fsp3) is 0.211. The average Bonchev–Trinajstić information content (AvgIpc) is 3.04. The van der Waals surface area contributed by atoms with Crippen LogP contribution in [0.5, 0.6) is 0 Å². The summed E-state index contributed by atoms with van der Waals surface area (Å²) in [6.45, 7) is 3.81. The summed E-state index contributed by atoms with van der Waals surface area (Å²) in [5.74, 6) is 0.470. The van der Waals surface area contributed by atoms with Crippen molar-refractivity contribution < 1.29 is 9.59 Å². The van der Waals surface area contributed by atoms with E-state index in [4.69, 9.17) is 0 Å². The molecule has 3 N–H and O–H groups in total. The Morgan fingerprint density at radius 2 is 1.84 bits per heavy atom. The number of benzene rings is 2. The maximum Gasteiger partial charge on any atom is 0.251 e. The van der Waals surface area contributed by atoms with Gasteiger partial charge >= 0.3 is 0 Å². The summed E-state index contributed by atoms with van der Waals surface area (Å²) in [6.07, 6.45) is 0. The van der Waals surface area contributed by atoms with Crippen LogP contribution in [-0.4, -0.2) is 21.8 Å². The number of imidazole rings is 1. The van der Waals surface area contributed by atoms with Gasteiger partial charge in [-0.05, 0) is 36.8 Å². The SMILES string of the molecule is CC(=O)NCc1ccc(C(=O)N[C@@H](C)c2nc3ccccc3[nH]2)cc1. The van der Waals surface area contributed by atoms with Gasteiger partial charge in [-0.3, -0.25) is 9.59 Å². The first-order chi connectivity index (χ1) is 12.0. The van der Waals surface area contributed by atoms with Crippen LogP contribution in [0.25, 0.3) is 11.0 Å². The second-order valence-corrected chi connectivity index (χ2v) is 5.94. The van der Waals surface area contributed by atoms with E-state index in [1.807, 2.05) is 43.3 Å². The molecular formula is C19H20N4O2. The number of hydrogen-bond donors (Lipinski definition) is 3. The Morgan fingerprint density at radius 1 is 1.12 bits per heavy atom. The molecule has 1 heterocycles. The van der Waals surface area contributed by atoms with Crippen molar-refractivity contribution in [2.75, 3.05) is 0 Å². The summed E-state index contributed by atoms with van der Waals surface area (Å²) in [7, 11) is 0. The summed E-state index contributed by atoms with van der Waals surface area (Å²) in [4.78, 5) is 31.1. The van der Waals surface area contributed by atoms with E-state index >= 15 is 0 Å². The Morgan fingerprint density at radius 3 is 2.52 bits per heavy atom. The highest BCUT2D eigenvalue weighted by Crippen LogP contribution is 2.16. The summed E-state index contributed by atoms with van der Waals surface area (Å²) in [5.41, 5.74) is 3.33. The van der Waals surface area contributed by atoms with Crippen LogP contribution >= 0.6 is 0 Å². The lowest BCUT2D eigenvalue weighted by Gasteiger charge is -2.12. The number of amides is 2. The van der Waals surface area contributed by atoms with Crippen LogP contribution in [0.4, 0.5) is 0 Å². The van der Waals surface area contributed by atoms with E-state index in [1.165, 1.54) is 6.92 Å². The fourth-order valence-electron chi connectivity index (χ4n) is 2.53. The van der Waals surface area contributed by atoms with Crippen LogP contribution in [0.3, 0.4) is 0 Å². The Kier molecular flexibility index (Phi) is 4.79. The zero-order valence-corrected chi connectivity index (χ0v) is 14.2. The third-order valence-electron chi connectivity index (χ3n) is 3.92. The molecule has 2 amide bonds. The van der Waals surface area contributed by atoms with Gasteiger partial charge in [0, 0.05) is 19.0 Å². The van der Waals surface area contributed by atoms with E-state index in [1.54, 1.807) is 12.1 Å². The third kappa shape index (κ3) is 4.03. The Balaban J connectivity index is 1.65. The topological polar surface area (TPSA) is 86.9 Å². The summed E-state index contributed by atoms with van der Waals surface area (Å²) in [5, 5.41) is 5.67. The summed E-state index contributed by atoms with van der Waals surface area (Å²) in [6, 6.07) is 14.7. The molecule has 0 fully saturated rings. The number of fused-ring (bicyclic) bond motifs is 1. The molecular weight excluding hydrogens is 316 g/mol. The van der Waals surface area contributed by atoms with Gasteiger partial charge in [0.1, 0.15) is 5.82 Å². The summed E-state index contributed by atoms with van der Waals surface area (Å²) >= 11 is 0. The molecule has 0 aliphatic carbocycles. The molecule has 25 heavy (non-hydrogen) atoms. The second-order valence-electron chi connectivity index (χ2n) is 5.94. The minimum Gasteiger partial charge on any atom is -0.352 e. The van der Waals surface area contributed by atoms with Crippen LogP contribution in [0, 0.1) is 0 Å². The molecule has 0 spiro atoms. The first-order valence-electron chi connectivity index (χ1n) is 8.12. The highest BCUT2D eigenvalue weighted by Gasteiger charge is 2.14. The molecule has 0 saturated heterocycles. The van der Waals surface area contributed by atoms with Crippen molar-refractivity contribution in [1.82, 2.24) is 20.6 Å². The normalized spacial score (nSPS) is 11.9. The molecule has 128 valence electrons. The Bertz CT molecular complexity index is 866. The number of nitrogens with zero attached hydrogens (tertiary/aromatic N) is 1. The van der Waals surface area contributed by atoms with E-state index in [0.717, 1.165) is 22.4 Å². The van der Waals surface area contributed by atoms with Crippen molar-refractivity contribution in [1.29, 1.82) is 0 Å². The predicted octanol–water partition coefficient (Wildman–Crippen LogP) is 2.69. The molecule has 0 bridgehead atoms. The zero-order chi connectivity index (χ0) is 17.8. The molecule has 1 aromatic heterocycles. The van der Waals surface area contributed by atoms with Crippen molar-refractivity contribution in [2.45, 2.75) is 26.4 Å². The standard InChI is InChI=1S/C19H20N4O2/c1-12(18-22-16-5-3-4-6-17(16)23-18)21-19(25)15-9-7-14(8-10-15)11-20-13(2)24/h3-10,12H,11H2,1-2H3,(H,20,24)(H,21,25)(H,22,23)/t12-/m0/s1. The minimum absolute atomic E-state index is 0.0820. The highest BCUT2D eigenvalue weighted by molar-refractivity contribution is 5.94. The highest BCUT2D eigenvalue weighted by atomic mass is 16.2. The first-order valence-corrected chi connectivity index (χ1v) is 8.12. The number of aromatic nitrogens is 2. The third-order valence-corrected chi connectivity index (χ3v) is 3.92. The van der Waals surface area contributed by atoms with Crippen LogP contribution in [0.15, 0.2) is 48.5 Å². The van der Waals surface area contributed by atoms with Crippen molar-refractivity contribution in [3.05, 3.63) is 65.5 Å². The number of carbonyl (C=O) groups excluding carboxylic acids is 2. The molecule has 0 unspecified atom stereocenters. The van der Waals surface area contributed by atoms with Crippen LogP contribution in [0.1, 0.15) is 41.6 Å². The number of carbonyl (C=O) groups is 2. The van der Waals surface area contributed by atoms with E-state index in [9.17, 15) is 9.59 Å². The number of nitrogens with one attached hydrogen (secondary N) is 3. The molecule has 0 aliphatic heterocycles. The van der Waals surface area contributed by atoms with E-state index in [2.05, 4.69) is 20.6 Å². The molecule has 0 saturated carbocycles. The molecule has 6 heteroatoms. The van der Waals surface area contributed by atoms with Gasteiger partial charge in [0.25, 0.3) is 5.91 Å². The monoisotopic (exact) mass is 336 g/mol. The van der Waals surface area contributed by atoms with Crippen LogP contribution < -0.4 is 10.6 Å². The van der Waals surface area contributed by atoms with Gasteiger partial charge in [-0.2, -0.15) is 0 Å². The van der Waals surface area contributed by atoms with Gasteiger partial charge in [-0.15, -0.1) is 0 Å². The second kappa shape index (κ2) is 7.17. The maximum atomic E-state index is 12.4. The number of rotatable bonds is 5. The van der Waals surface area contributed by atoms with Crippen molar-refractivity contribution in [3.63, 3.8) is 0 Å². The van der Waals surface area contributed by atoms with Gasteiger partial charge in [0.05, 0.1) is 17.1 Å². The average molecular weight is 336 g/mol. The summed E-state index contributed by atoms with van der Waals surface area (Å²) < 4.78 is 0. The van der Waals surface area contributed by atoms with Gasteiger partial charge < -0.3 is 15.6 Å². The van der Waals surface area contributed by atoms with Gasteiger partial charge in [-0.25, -0.2) is 4.98 Å². The first kappa shape index (κ1) is 16.7. The smallest absolute Gasteiger partial charge is 0.251 e.